The zero-order valence-electron chi connectivity index (χ0n) is 16.7. The molecule has 0 bridgehead atoms. The van der Waals surface area contributed by atoms with Crippen molar-refractivity contribution in [1.82, 2.24) is 19.9 Å². The number of pyridine rings is 1. The van der Waals surface area contributed by atoms with Crippen LogP contribution in [0.3, 0.4) is 0 Å². The van der Waals surface area contributed by atoms with Crippen molar-refractivity contribution in [2.24, 2.45) is 0 Å². The van der Waals surface area contributed by atoms with Gasteiger partial charge in [0.05, 0.1) is 24.3 Å². The van der Waals surface area contributed by atoms with E-state index in [-0.39, 0.29) is 12.5 Å². The minimum atomic E-state index is -0.960. The first kappa shape index (κ1) is 21.1. The smallest absolute Gasteiger partial charge is 0.404 e. The highest BCUT2D eigenvalue weighted by Gasteiger charge is 2.18. The lowest BCUT2D eigenvalue weighted by Gasteiger charge is -2.11. The average molecular weight is 463 g/mol. The summed E-state index contributed by atoms with van der Waals surface area (Å²) in [6, 6.07) is 5.10. The molecule has 11 heteroatoms. The molecule has 1 atom stereocenters. The van der Waals surface area contributed by atoms with Crippen LogP contribution in [0.2, 0.25) is 0 Å². The van der Waals surface area contributed by atoms with Gasteiger partial charge in [-0.3, -0.25) is 0 Å². The van der Waals surface area contributed by atoms with Crippen molar-refractivity contribution in [3.05, 3.63) is 35.8 Å². The van der Waals surface area contributed by atoms with E-state index < -0.39 is 17.3 Å². The number of aryl methyl sites for hydroxylation is 1. The Balaban J connectivity index is 1.71. The Morgan fingerprint density at radius 2 is 2.03 bits per heavy atom. The van der Waals surface area contributed by atoms with Gasteiger partial charge in [-0.2, -0.15) is 4.98 Å². The topological polar surface area (TPSA) is 96.3 Å². The summed E-state index contributed by atoms with van der Waals surface area (Å²) >= 11 is 6.44. The van der Waals surface area contributed by atoms with Gasteiger partial charge in [-0.25, -0.2) is 24.1 Å². The Morgan fingerprint density at radius 1 is 1.23 bits per heavy atom. The van der Waals surface area contributed by atoms with Gasteiger partial charge in [0.25, 0.3) is 5.88 Å². The minimum absolute atomic E-state index is 0.0977. The van der Waals surface area contributed by atoms with E-state index in [9.17, 15) is 9.18 Å². The normalized spacial score (nSPS) is 12.2. The maximum absolute atomic E-state index is 14.5. The van der Waals surface area contributed by atoms with Crippen LogP contribution in [0.25, 0.3) is 32.0 Å². The Bertz CT molecular complexity index is 1300. The third-order valence-corrected chi connectivity index (χ3v) is 5.35. The monoisotopic (exact) mass is 462 g/mol. The number of fused-ring (bicyclic) bond motifs is 2. The molecule has 0 unspecified atom stereocenters. The van der Waals surface area contributed by atoms with Crippen molar-refractivity contribution in [1.29, 1.82) is 0 Å². The van der Waals surface area contributed by atoms with Crippen molar-refractivity contribution in [2.45, 2.75) is 20.0 Å². The number of hydrogen-bond acceptors (Lipinski definition) is 9. The number of rotatable bonds is 6. The van der Waals surface area contributed by atoms with Gasteiger partial charge in [-0.05, 0) is 31.5 Å². The summed E-state index contributed by atoms with van der Waals surface area (Å²) in [5.74, 6) is -0.473. The standard InChI is InChI=1S/C20H16ClFN4O4S/c1-9-4-11(16-13(5-9)24-15(28-3)7-23-16)18-25-14-6-12(22)17(26-19(14)31-18)29-8-10(2)30-20(21)27/h4-7,10H,8H2,1-3H3/t10-/m1/s1. The molecule has 4 aromatic rings. The van der Waals surface area contributed by atoms with Gasteiger partial charge in [-0.1, -0.05) is 11.3 Å². The molecular weight excluding hydrogens is 447 g/mol. The van der Waals surface area contributed by atoms with Crippen molar-refractivity contribution in [3.8, 4) is 22.3 Å². The lowest BCUT2D eigenvalue weighted by atomic mass is 10.1. The molecule has 4 rings (SSSR count). The Kier molecular flexibility index (Phi) is 5.84. The molecular formula is C20H16ClFN4O4S. The average Bonchev–Trinajstić information content (AvgIpc) is 3.12. The predicted octanol–water partition coefficient (Wildman–Crippen LogP) is 4.90. The number of hydrogen-bond donors (Lipinski definition) is 0. The highest BCUT2D eigenvalue weighted by atomic mass is 35.5. The maximum Gasteiger partial charge on any atom is 0.404 e. The fourth-order valence-corrected chi connectivity index (χ4v) is 4.02. The molecule has 1 aromatic carbocycles. The van der Waals surface area contributed by atoms with E-state index in [1.165, 1.54) is 30.7 Å². The molecule has 0 fully saturated rings. The van der Waals surface area contributed by atoms with E-state index >= 15 is 0 Å². The minimum Gasteiger partial charge on any atom is -0.480 e. The van der Waals surface area contributed by atoms with E-state index in [0.717, 1.165) is 11.1 Å². The number of thiazole rings is 1. The third kappa shape index (κ3) is 4.49. The van der Waals surface area contributed by atoms with Gasteiger partial charge in [0, 0.05) is 23.2 Å². The molecule has 0 spiro atoms. The van der Waals surface area contributed by atoms with Crippen molar-refractivity contribution < 1.29 is 23.4 Å². The quantitative estimate of drug-likeness (QED) is 0.373. The number of carbonyl (C=O) groups is 1. The first-order valence-corrected chi connectivity index (χ1v) is 10.3. The molecule has 0 amide bonds. The van der Waals surface area contributed by atoms with Crippen molar-refractivity contribution in [2.75, 3.05) is 13.7 Å². The highest BCUT2D eigenvalue weighted by Crippen LogP contribution is 2.35. The Hall–Kier alpha value is -3.11. The molecule has 160 valence electrons. The lowest BCUT2D eigenvalue weighted by Crippen LogP contribution is -2.19. The van der Waals surface area contributed by atoms with Crippen LogP contribution in [0.1, 0.15) is 12.5 Å². The van der Waals surface area contributed by atoms with Crippen LogP contribution in [0.4, 0.5) is 9.18 Å². The molecule has 0 radical (unpaired) electrons. The summed E-state index contributed by atoms with van der Waals surface area (Å²) < 4.78 is 29.7. The van der Waals surface area contributed by atoms with Crippen LogP contribution in [-0.2, 0) is 4.74 Å². The second-order valence-electron chi connectivity index (χ2n) is 6.69. The largest absolute Gasteiger partial charge is 0.480 e. The number of nitrogens with zero attached hydrogens (tertiary/aromatic N) is 4. The molecule has 31 heavy (non-hydrogen) atoms. The molecule has 3 aromatic heterocycles. The molecule has 0 N–H and O–H groups in total. The Morgan fingerprint density at radius 3 is 2.77 bits per heavy atom. The summed E-state index contributed by atoms with van der Waals surface area (Å²) in [6.07, 6.45) is 0.876. The molecule has 0 saturated heterocycles. The maximum atomic E-state index is 14.5. The summed E-state index contributed by atoms with van der Waals surface area (Å²) in [5, 5.41) is 0.622. The van der Waals surface area contributed by atoms with E-state index in [4.69, 9.17) is 25.8 Å². The van der Waals surface area contributed by atoms with Gasteiger partial charge in [-0.15, -0.1) is 0 Å². The Labute approximate surface area is 185 Å². The van der Waals surface area contributed by atoms with Gasteiger partial charge < -0.3 is 14.2 Å². The first-order chi connectivity index (χ1) is 14.8. The first-order valence-electron chi connectivity index (χ1n) is 9.12. The number of benzene rings is 1. The fourth-order valence-electron chi connectivity index (χ4n) is 2.94. The number of methoxy groups -OCH3 is 1. The van der Waals surface area contributed by atoms with Gasteiger partial charge in [0.15, 0.2) is 5.82 Å². The van der Waals surface area contributed by atoms with Crippen molar-refractivity contribution in [3.63, 3.8) is 0 Å². The molecule has 8 nitrogen and oxygen atoms in total. The van der Waals surface area contributed by atoms with Crippen LogP contribution in [0, 0.1) is 12.7 Å². The van der Waals surface area contributed by atoms with Crippen LogP contribution in [-0.4, -0.2) is 45.2 Å². The van der Waals surface area contributed by atoms with Crippen LogP contribution in [0.5, 0.6) is 11.8 Å². The highest BCUT2D eigenvalue weighted by molar-refractivity contribution is 7.21. The summed E-state index contributed by atoms with van der Waals surface area (Å²) in [6.45, 7) is 3.41. The molecule has 0 saturated carbocycles. The van der Waals surface area contributed by atoms with Gasteiger partial charge in [0.2, 0.25) is 5.88 Å². The van der Waals surface area contributed by atoms with E-state index in [1.54, 1.807) is 6.92 Å². The molecule has 3 heterocycles. The van der Waals surface area contributed by atoms with Gasteiger partial charge in [0.1, 0.15) is 28.1 Å². The van der Waals surface area contributed by atoms with Crippen LogP contribution < -0.4 is 9.47 Å². The zero-order valence-corrected chi connectivity index (χ0v) is 18.3. The summed E-state index contributed by atoms with van der Waals surface area (Å²) in [4.78, 5) is 28.9. The van der Waals surface area contributed by atoms with Crippen LogP contribution in [0.15, 0.2) is 24.4 Å². The molecule has 0 aliphatic carbocycles. The number of halogens is 2. The van der Waals surface area contributed by atoms with E-state index in [1.807, 2.05) is 19.1 Å². The summed E-state index contributed by atoms with van der Waals surface area (Å²) in [7, 11) is 1.53. The number of carbonyl (C=O) groups excluding carboxylic acids is 1. The third-order valence-electron chi connectivity index (χ3n) is 4.26. The molecule has 0 aliphatic heterocycles. The predicted molar refractivity (Wildman–Crippen MR) is 114 cm³/mol. The van der Waals surface area contributed by atoms with Crippen LogP contribution >= 0.6 is 22.9 Å². The van der Waals surface area contributed by atoms with E-state index in [0.29, 0.717) is 32.3 Å². The molecule has 0 aliphatic rings. The SMILES string of the molecule is COc1cnc2c(-c3nc4cc(F)c(OC[C@@H](C)OC(=O)Cl)nc4s3)cc(C)cc2n1. The van der Waals surface area contributed by atoms with Crippen molar-refractivity contribution >= 4 is 49.7 Å². The fraction of sp³-hybridized carbons (Fsp3) is 0.250. The second kappa shape index (κ2) is 8.56. The second-order valence-corrected chi connectivity index (χ2v) is 7.97. The lowest BCUT2D eigenvalue weighted by molar-refractivity contribution is 0.0905. The number of aromatic nitrogens is 4. The number of ether oxygens (including phenoxy) is 3. The van der Waals surface area contributed by atoms with E-state index in [2.05, 4.69) is 19.9 Å². The van der Waals surface area contributed by atoms with Gasteiger partial charge >= 0.3 is 5.43 Å². The summed E-state index contributed by atoms with van der Waals surface area (Å²) in [5.41, 5.74) is 2.48. The zero-order chi connectivity index (χ0) is 22.1.